The van der Waals surface area contributed by atoms with Gasteiger partial charge in [-0.05, 0) is 54.8 Å². The third-order valence-corrected chi connectivity index (χ3v) is 4.61. The number of hydrogen-bond donors (Lipinski definition) is 0. The molecule has 5 heteroatoms. The molecule has 0 aliphatic heterocycles. The van der Waals surface area contributed by atoms with Crippen molar-refractivity contribution in [3.05, 3.63) is 87.7 Å². The quantitative estimate of drug-likeness (QED) is 0.665. The lowest BCUT2D eigenvalue weighted by molar-refractivity contribution is 0.627. The molecule has 0 spiro atoms. The number of halogens is 1. The van der Waals surface area contributed by atoms with Crippen LogP contribution < -0.4 is 5.56 Å². The third kappa shape index (κ3) is 3.74. The molecule has 122 valence electrons. The minimum absolute atomic E-state index is 0.144. The molecule has 0 radical (unpaired) electrons. The Balaban J connectivity index is 1.88. The molecule has 0 N–H and O–H groups in total. The Kier molecular flexibility index (Phi) is 4.81. The molecule has 3 rings (SSSR count). The second-order valence-electron chi connectivity index (χ2n) is 5.67. The zero-order valence-corrected chi connectivity index (χ0v) is 14.3. The fraction of sp³-hybridized carbons (Fsp3) is 0.158. The van der Waals surface area contributed by atoms with Gasteiger partial charge in [-0.25, -0.2) is 9.37 Å². The van der Waals surface area contributed by atoms with E-state index in [4.69, 9.17) is 0 Å². The maximum atomic E-state index is 12.9. The fourth-order valence-corrected chi connectivity index (χ4v) is 3.37. The number of thioether (sulfide) groups is 1. The SMILES string of the molecule is Cc1cc(C)cc(-n2ccnc(SCc3ccc(F)cc3)c2=O)c1. The van der Waals surface area contributed by atoms with E-state index >= 15 is 0 Å². The van der Waals surface area contributed by atoms with Gasteiger partial charge in [0.2, 0.25) is 0 Å². The average molecular weight is 340 g/mol. The smallest absolute Gasteiger partial charge is 0.280 e. The summed E-state index contributed by atoms with van der Waals surface area (Å²) in [5.41, 5.74) is 3.85. The Morgan fingerprint density at radius 3 is 2.42 bits per heavy atom. The number of hydrogen-bond acceptors (Lipinski definition) is 3. The zero-order chi connectivity index (χ0) is 17.1. The van der Waals surface area contributed by atoms with Crippen molar-refractivity contribution < 1.29 is 4.39 Å². The summed E-state index contributed by atoms with van der Waals surface area (Å²) in [6.07, 6.45) is 3.31. The molecule has 0 saturated carbocycles. The van der Waals surface area contributed by atoms with Crippen LogP contribution in [0.1, 0.15) is 16.7 Å². The predicted octanol–water partition coefficient (Wildman–Crippen LogP) is 4.28. The molecule has 0 unspecified atom stereocenters. The van der Waals surface area contributed by atoms with Crippen molar-refractivity contribution >= 4 is 11.8 Å². The average Bonchev–Trinajstić information content (AvgIpc) is 2.54. The molecule has 0 bridgehead atoms. The van der Waals surface area contributed by atoms with Gasteiger partial charge in [-0.2, -0.15) is 0 Å². The Morgan fingerprint density at radius 1 is 1.08 bits per heavy atom. The predicted molar refractivity (Wildman–Crippen MR) is 95.3 cm³/mol. The Labute approximate surface area is 144 Å². The normalized spacial score (nSPS) is 10.8. The molecule has 0 atom stereocenters. The molecule has 0 fully saturated rings. The van der Waals surface area contributed by atoms with Crippen molar-refractivity contribution in [3.63, 3.8) is 0 Å². The molecule has 0 aliphatic carbocycles. The highest BCUT2D eigenvalue weighted by Gasteiger charge is 2.08. The lowest BCUT2D eigenvalue weighted by Gasteiger charge is -2.09. The summed E-state index contributed by atoms with van der Waals surface area (Å²) in [4.78, 5) is 16.9. The first-order chi connectivity index (χ1) is 11.5. The van der Waals surface area contributed by atoms with E-state index in [-0.39, 0.29) is 11.4 Å². The van der Waals surface area contributed by atoms with Crippen LogP contribution in [0.2, 0.25) is 0 Å². The Morgan fingerprint density at radius 2 is 1.75 bits per heavy atom. The van der Waals surface area contributed by atoms with Gasteiger partial charge in [-0.3, -0.25) is 9.36 Å². The van der Waals surface area contributed by atoms with Crippen LogP contribution in [-0.4, -0.2) is 9.55 Å². The maximum absolute atomic E-state index is 12.9. The fourth-order valence-electron chi connectivity index (χ4n) is 2.52. The lowest BCUT2D eigenvalue weighted by atomic mass is 10.1. The number of nitrogens with zero attached hydrogens (tertiary/aromatic N) is 2. The minimum atomic E-state index is -0.265. The summed E-state index contributed by atoms with van der Waals surface area (Å²) in [6.45, 7) is 4.01. The number of aromatic nitrogens is 2. The molecule has 0 amide bonds. The van der Waals surface area contributed by atoms with Crippen molar-refractivity contribution in [2.24, 2.45) is 0 Å². The van der Waals surface area contributed by atoms with Gasteiger partial charge in [0.05, 0.1) is 0 Å². The molecule has 1 aromatic heterocycles. The van der Waals surface area contributed by atoms with Crippen LogP contribution in [0.4, 0.5) is 4.39 Å². The molecule has 1 heterocycles. The molecular weight excluding hydrogens is 323 g/mol. The van der Waals surface area contributed by atoms with Crippen molar-refractivity contribution in [2.75, 3.05) is 0 Å². The molecule has 2 aromatic carbocycles. The third-order valence-electron chi connectivity index (χ3n) is 3.58. The van der Waals surface area contributed by atoms with Crippen LogP contribution >= 0.6 is 11.8 Å². The second-order valence-corrected chi connectivity index (χ2v) is 6.63. The minimum Gasteiger partial charge on any atom is -0.280 e. The van der Waals surface area contributed by atoms with E-state index in [2.05, 4.69) is 11.1 Å². The number of aryl methyl sites for hydroxylation is 2. The monoisotopic (exact) mass is 340 g/mol. The largest absolute Gasteiger partial charge is 0.287 e. The summed E-state index contributed by atoms with van der Waals surface area (Å²) < 4.78 is 14.6. The van der Waals surface area contributed by atoms with Crippen LogP contribution in [0.25, 0.3) is 5.69 Å². The van der Waals surface area contributed by atoms with E-state index in [1.165, 1.54) is 23.9 Å². The van der Waals surface area contributed by atoms with Crippen molar-refractivity contribution in [2.45, 2.75) is 24.6 Å². The first-order valence-electron chi connectivity index (χ1n) is 7.56. The van der Waals surface area contributed by atoms with E-state index in [1.807, 2.05) is 26.0 Å². The summed E-state index contributed by atoms with van der Waals surface area (Å²) in [7, 11) is 0. The van der Waals surface area contributed by atoms with Crippen LogP contribution in [0.15, 0.2) is 64.7 Å². The standard InChI is InChI=1S/C19H17FN2OS/c1-13-9-14(2)11-17(10-13)22-8-7-21-18(19(22)23)24-12-15-3-5-16(20)6-4-15/h3-11H,12H2,1-2H3. The van der Waals surface area contributed by atoms with Crippen LogP contribution in [0.3, 0.4) is 0 Å². The second kappa shape index (κ2) is 7.01. The molecular formula is C19H17FN2OS. The van der Waals surface area contributed by atoms with Crippen LogP contribution in [0.5, 0.6) is 0 Å². The molecule has 0 aliphatic rings. The molecule has 24 heavy (non-hydrogen) atoms. The first-order valence-corrected chi connectivity index (χ1v) is 8.55. The van der Waals surface area contributed by atoms with Gasteiger partial charge < -0.3 is 0 Å². The topological polar surface area (TPSA) is 34.9 Å². The summed E-state index contributed by atoms with van der Waals surface area (Å²) in [5, 5.41) is 0.431. The highest BCUT2D eigenvalue weighted by Crippen LogP contribution is 2.19. The van der Waals surface area contributed by atoms with Gasteiger partial charge in [0, 0.05) is 23.8 Å². The van der Waals surface area contributed by atoms with E-state index in [0.717, 1.165) is 22.4 Å². The van der Waals surface area contributed by atoms with Gasteiger partial charge in [0.1, 0.15) is 5.82 Å². The Bertz CT molecular complexity index is 899. The molecule has 3 nitrogen and oxygen atoms in total. The Hall–Kier alpha value is -2.40. The van der Waals surface area contributed by atoms with Crippen LogP contribution in [0, 0.1) is 19.7 Å². The number of benzene rings is 2. The van der Waals surface area contributed by atoms with Gasteiger partial charge >= 0.3 is 0 Å². The van der Waals surface area contributed by atoms with Crippen LogP contribution in [-0.2, 0) is 5.75 Å². The van der Waals surface area contributed by atoms with Crippen molar-refractivity contribution in [3.8, 4) is 5.69 Å². The van der Waals surface area contributed by atoms with Gasteiger partial charge in [-0.1, -0.05) is 30.0 Å². The van der Waals surface area contributed by atoms with Gasteiger partial charge in [0.25, 0.3) is 5.56 Å². The molecule has 3 aromatic rings. The van der Waals surface area contributed by atoms with E-state index in [9.17, 15) is 9.18 Å². The summed E-state index contributed by atoms with van der Waals surface area (Å²) in [5.74, 6) is 0.304. The maximum Gasteiger partial charge on any atom is 0.287 e. The summed E-state index contributed by atoms with van der Waals surface area (Å²) >= 11 is 1.36. The zero-order valence-electron chi connectivity index (χ0n) is 13.5. The van der Waals surface area contributed by atoms with Crippen molar-refractivity contribution in [1.82, 2.24) is 9.55 Å². The van der Waals surface area contributed by atoms with E-state index in [1.54, 1.807) is 29.1 Å². The highest BCUT2D eigenvalue weighted by molar-refractivity contribution is 7.98. The van der Waals surface area contributed by atoms with Crippen molar-refractivity contribution in [1.29, 1.82) is 0 Å². The van der Waals surface area contributed by atoms with Gasteiger partial charge in [-0.15, -0.1) is 0 Å². The van der Waals surface area contributed by atoms with Gasteiger partial charge in [0.15, 0.2) is 5.03 Å². The molecule has 0 saturated heterocycles. The summed E-state index contributed by atoms with van der Waals surface area (Å²) in [6, 6.07) is 12.3. The highest BCUT2D eigenvalue weighted by atomic mass is 32.2. The van der Waals surface area contributed by atoms with E-state index < -0.39 is 0 Å². The first kappa shape index (κ1) is 16.5. The lowest BCUT2D eigenvalue weighted by Crippen LogP contribution is -2.20. The number of rotatable bonds is 4. The van der Waals surface area contributed by atoms with E-state index in [0.29, 0.717) is 10.8 Å².